The first-order valence-corrected chi connectivity index (χ1v) is 9.13. The van der Waals surface area contributed by atoms with Crippen molar-refractivity contribution in [2.24, 2.45) is 5.92 Å². The maximum atomic E-state index is 3.77. The molecule has 0 aromatic rings. The number of hydrogen-bond acceptors (Lipinski definition) is 4. The minimum absolute atomic E-state index is 0.421. The fraction of sp³-hybridized carbons (Fsp3) is 1.00. The number of piperazine rings is 1. The zero-order valence-electron chi connectivity index (χ0n) is 10.8. The van der Waals surface area contributed by atoms with Gasteiger partial charge in [-0.25, -0.2) is 0 Å². The molecule has 2 heterocycles. The molecule has 3 rings (SSSR count). The van der Waals surface area contributed by atoms with Crippen LogP contribution < -0.4 is 5.32 Å². The van der Waals surface area contributed by atoms with Crippen molar-refractivity contribution in [1.29, 1.82) is 0 Å². The minimum atomic E-state index is 0.421. The monoisotopic (exact) mass is 272 g/mol. The van der Waals surface area contributed by atoms with Gasteiger partial charge in [0.05, 0.1) is 0 Å². The van der Waals surface area contributed by atoms with Crippen molar-refractivity contribution >= 4 is 23.5 Å². The molecule has 98 valence electrons. The maximum absolute atomic E-state index is 3.77. The van der Waals surface area contributed by atoms with Crippen molar-refractivity contribution in [3.63, 3.8) is 0 Å². The molecule has 2 unspecified atom stereocenters. The number of rotatable bonds is 3. The van der Waals surface area contributed by atoms with E-state index in [0.29, 0.717) is 5.54 Å². The fourth-order valence-corrected chi connectivity index (χ4v) is 5.89. The van der Waals surface area contributed by atoms with Crippen LogP contribution in [-0.2, 0) is 0 Å². The molecular weight excluding hydrogens is 248 g/mol. The van der Waals surface area contributed by atoms with E-state index in [1.165, 1.54) is 56.3 Å². The Morgan fingerprint density at radius 3 is 2.94 bits per heavy atom. The smallest absolute Gasteiger partial charge is 0.0309 e. The van der Waals surface area contributed by atoms with Crippen LogP contribution in [0.25, 0.3) is 0 Å². The van der Waals surface area contributed by atoms with Crippen LogP contribution in [-0.4, -0.2) is 59.1 Å². The molecule has 0 radical (unpaired) electrons. The van der Waals surface area contributed by atoms with Gasteiger partial charge in [0.15, 0.2) is 0 Å². The van der Waals surface area contributed by atoms with Crippen molar-refractivity contribution < 1.29 is 0 Å². The van der Waals surface area contributed by atoms with E-state index in [1.54, 1.807) is 0 Å². The Bertz CT molecular complexity index is 264. The van der Waals surface area contributed by atoms with Crippen molar-refractivity contribution in [1.82, 2.24) is 10.2 Å². The van der Waals surface area contributed by atoms with E-state index in [9.17, 15) is 0 Å². The molecule has 0 bridgehead atoms. The Kier molecular flexibility index (Phi) is 3.95. The molecule has 0 spiro atoms. The molecule has 0 amide bonds. The van der Waals surface area contributed by atoms with Crippen LogP contribution in [0.1, 0.15) is 19.8 Å². The first kappa shape index (κ1) is 12.6. The second-order valence-electron chi connectivity index (χ2n) is 5.92. The van der Waals surface area contributed by atoms with Crippen LogP contribution >= 0.6 is 23.5 Å². The van der Waals surface area contributed by atoms with Gasteiger partial charge >= 0.3 is 0 Å². The van der Waals surface area contributed by atoms with E-state index < -0.39 is 0 Å². The molecule has 1 N–H and O–H groups in total. The summed E-state index contributed by atoms with van der Waals surface area (Å²) in [6.45, 7) is 7.49. The van der Waals surface area contributed by atoms with Crippen LogP contribution in [0.4, 0.5) is 0 Å². The summed E-state index contributed by atoms with van der Waals surface area (Å²) in [5.74, 6) is 5.05. The first-order chi connectivity index (χ1) is 8.26. The minimum Gasteiger partial charge on any atom is -0.309 e. The molecule has 4 heteroatoms. The van der Waals surface area contributed by atoms with Gasteiger partial charge in [0.2, 0.25) is 0 Å². The van der Waals surface area contributed by atoms with Crippen molar-refractivity contribution in [3.8, 4) is 0 Å². The third-order valence-corrected chi connectivity index (χ3v) is 7.16. The lowest BCUT2D eigenvalue weighted by molar-refractivity contribution is 0.129. The molecule has 3 aliphatic rings. The SMILES string of the molecule is CC1(C2CC2)CN(CC2CSCCS2)CCN1. The van der Waals surface area contributed by atoms with Crippen molar-refractivity contribution in [2.75, 3.05) is 43.4 Å². The Balaban J connectivity index is 1.52. The van der Waals surface area contributed by atoms with Crippen molar-refractivity contribution in [3.05, 3.63) is 0 Å². The molecule has 3 fully saturated rings. The molecule has 17 heavy (non-hydrogen) atoms. The van der Waals surface area contributed by atoms with E-state index in [4.69, 9.17) is 0 Å². The second-order valence-corrected chi connectivity index (χ2v) is 8.48. The summed E-state index contributed by atoms with van der Waals surface area (Å²) >= 11 is 4.35. The zero-order valence-corrected chi connectivity index (χ0v) is 12.4. The van der Waals surface area contributed by atoms with Gasteiger partial charge < -0.3 is 5.32 Å². The lowest BCUT2D eigenvalue weighted by Crippen LogP contribution is -2.60. The summed E-state index contributed by atoms with van der Waals surface area (Å²) in [5, 5.41) is 4.66. The normalized spacial score (nSPS) is 40.4. The van der Waals surface area contributed by atoms with Crippen LogP contribution in [0.5, 0.6) is 0 Å². The van der Waals surface area contributed by atoms with Crippen LogP contribution in [0.15, 0.2) is 0 Å². The highest BCUT2D eigenvalue weighted by atomic mass is 32.2. The van der Waals surface area contributed by atoms with Crippen molar-refractivity contribution in [2.45, 2.75) is 30.6 Å². The molecule has 0 aromatic heterocycles. The van der Waals surface area contributed by atoms with Crippen LogP contribution in [0, 0.1) is 5.92 Å². The third-order valence-electron chi connectivity index (χ3n) is 4.33. The Morgan fingerprint density at radius 1 is 1.35 bits per heavy atom. The van der Waals surface area contributed by atoms with E-state index in [1.807, 2.05) is 0 Å². The lowest BCUT2D eigenvalue weighted by atomic mass is 9.93. The number of nitrogens with one attached hydrogen (secondary N) is 1. The average molecular weight is 272 g/mol. The summed E-state index contributed by atoms with van der Waals surface area (Å²) < 4.78 is 0. The quantitative estimate of drug-likeness (QED) is 0.844. The summed E-state index contributed by atoms with van der Waals surface area (Å²) in [7, 11) is 0. The standard InChI is InChI=1S/C13H24N2S2/c1-13(11-2-3-11)10-15(5-4-14-13)8-12-9-16-6-7-17-12/h11-12,14H,2-10H2,1H3. The van der Waals surface area contributed by atoms with Gasteiger partial charge in [-0.15, -0.1) is 0 Å². The lowest BCUT2D eigenvalue weighted by Gasteiger charge is -2.43. The maximum Gasteiger partial charge on any atom is 0.0309 e. The van der Waals surface area contributed by atoms with Gasteiger partial charge in [-0.3, -0.25) is 4.90 Å². The molecule has 0 aromatic carbocycles. The second kappa shape index (κ2) is 5.32. The van der Waals surface area contributed by atoms with E-state index in [-0.39, 0.29) is 0 Å². The first-order valence-electron chi connectivity index (χ1n) is 6.93. The summed E-state index contributed by atoms with van der Waals surface area (Å²) in [6, 6.07) is 0. The highest BCUT2D eigenvalue weighted by Crippen LogP contribution is 2.41. The van der Waals surface area contributed by atoms with Gasteiger partial charge in [0.25, 0.3) is 0 Å². The Morgan fingerprint density at radius 2 is 2.24 bits per heavy atom. The predicted octanol–water partition coefficient (Wildman–Crippen LogP) is 1.91. The highest BCUT2D eigenvalue weighted by molar-refractivity contribution is 8.06. The van der Waals surface area contributed by atoms with Gasteiger partial charge in [-0.1, -0.05) is 0 Å². The van der Waals surface area contributed by atoms with Gasteiger partial charge in [-0.05, 0) is 25.7 Å². The van der Waals surface area contributed by atoms with E-state index in [0.717, 1.165) is 11.2 Å². The summed E-state index contributed by atoms with van der Waals surface area (Å²) in [5.41, 5.74) is 0.421. The van der Waals surface area contributed by atoms with Crippen LogP contribution in [0.3, 0.4) is 0 Å². The van der Waals surface area contributed by atoms with Gasteiger partial charge in [0.1, 0.15) is 0 Å². The van der Waals surface area contributed by atoms with E-state index in [2.05, 4.69) is 40.7 Å². The summed E-state index contributed by atoms with van der Waals surface area (Å²) in [6.07, 6.45) is 2.90. The predicted molar refractivity (Wildman–Crippen MR) is 79.1 cm³/mol. The molecule has 2 aliphatic heterocycles. The van der Waals surface area contributed by atoms with Gasteiger partial charge in [-0.2, -0.15) is 23.5 Å². The topological polar surface area (TPSA) is 15.3 Å². The molecular formula is C13H24N2S2. The van der Waals surface area contributed by atoms with Crippen LogP contribution in [0.2, 0.25) is 0 Å². The molecule has 1 aliphatic carbocycles. The van der Waals surface area contributed by atoms with Gasteiger partial charge in [0, 0.05) is 54.2 Å². The van der Waals surface area contributed by atoms with E-state index >= 15 is 0 Å². The fourth-order valence-electron chi connectivity index (χ4n) is 3.18. The average Bonchev–Trinajstić information content (AvgIpc) is 3.14. The molecule has 2 atom stereocenters. The highest BCUT2D eigenvalue weighted by Gasteiger charge is 2.43. The Hall–Kier alpha value is 0.620. The Labute approximate surface area is 114 Å². The largest absolute Gasteiger partial charge is 0.309 e. The molecule has 2 saturated heterocycles. The third kappa shape index (κ3) is 3.14. The summed E-state index contributed by atoms with van der Waals surface area (Å²) in [4.78, 5) is 2.72. The number of nitrogens with zero attached hydrogens (tertiary/aromatic N) is 1. The molecule has 2 nitrogen and oxygen atoms in total. The zero-order chi connectivity index (χ0) is 11.7. The number of thioether (sulfide) groups is 2. The molecule has 1 saturated carbocycles. The number of hydrogen-bond donors (Lipinski definition) is 1.